The third-order valence-corrected chi connectivity index (χ3v) is 2.08. The Bertz CT molecular complexity index is 229. The number of rotatable bonds is 1. The van der Waals surface area contributed by atoms with E-state index in [4.69, 9.17) is 5.73 Å². The second-order valence-corrected chi connectivity index (χ2v) is 2.68. The van der Waals surface area contributed by atoms with Crippen molar-refractivity contribution in [1.29, 1.82) is 0 Å². The molecule has 1 aromatic rings. The predicted octanol–water partition coefficient (Wildman–Crippen LogP) is 1.48. The van der Waals surface area contributed by atoms with Crippen LogP contribution in [0.25, 0.3) is 0 Å². The number of amides is 1. The van der Waals surface area contributed by atoms with E-state index in [9.17, 15) is 4.79 Å². The Balaban J connectivity index is 3.08. The molecule has 1 rings (SSSR count). The average Bonchev–Trinajstić information content (AvgIpc) is 2.13. The first kappa shape index (κ1) is 6.29. The molecule has 47 valence electrons. The molecule has 1 amide bonds. The third kappa shape index (κ3) is 1.10. The minimum absolute atomic E-state index is 0.551. The number of carbonyl (C=O) groups excluding carboxylic acids is 1. The van der Waals surface area contributed by atoms with Crippen molar-refractivity contribution >= 4 is 17.2 Å². The van der Waals surface area contributed by atoms with Crippen molar-refractivity contribution in [3.63, 3.8) is 0 Å². The fourth-order valence-corrected chi connectivity index (χ4v) is 1.37. The molecule has 1 radical (unpaired) electrons. The summed E-state index contributed by atoms with van der Waals surface area (Å²) in [6, 6.07) is 1.84. The van der Waals surface area contributed by atoms with Crippen LogP contribution in [0.2, 0.25) is 0 Å². The minimum Gasteiger partial charge on any atom is -0.266 e. The summed E-state index contributed by atoms with van der Waals surface area (Å²) in [5, 5.41) is 1.82. The largest absolute Gasteiger partial charge is 0.280 e. The molecule has 3 heteroatoms. The van der Waals surface area contributed by atoms with E-state index in [0.29, 0.717) is 4.88 Å². The van der Waals surface area contributed by atoms with Gasteiger partial charge in [0.2, 0.25) is 0 Å². The van der Waals surface area contributed by atoms with E-state index in [1.807, 2.05) is 18.4 Å². The van der Waals surface area contributed by atoms with Crippen molar-refractivity contribution in [3.8, 4) is 0 Å². The van der Waals surface area contributed by atoms with Crippen LogP contribution in [0.15, 0.2) is 11.4 Å². The Morgan fingerprint density at radius 2 is 2.44 bits per heavy atom. The van der Waals surface area contributed by atoms with E-state index >= 15 is 0 Å². The van der Waals surface area contributed by atoms with Crippen molar-refractivity contribution < 1.29 is 4.79 Å². The highest BCUT2D eigenvalue weighted by Crippen LogP contribution is 2.14. The van der Waals surface area contributed by atoms with Crippen molar-refractivity contribution in [1.82, 2.24) is 5.73 Å². The monoisotopic (exact) mass is 140 g/mol. The first-order chi connectivity index (χ1) is 4.22. The Kier molecular flexibility index (Phi) is 1.53. The van der Waals surface area contributed by atoms with Gasteiger partial charge < -0.3 is 0 Å². The molecule has 0 fully saturated rings. The normalized spacial score (nSPS) is 9.44. The standard InChI is InChI=1S/C6H6NOS/c1-4-2-3-9-5(4)6(7)8/h2-3,7H,1H3. The van der Waals surface area contributed by atoms with Crippen LogP contribution < -0.4 is 5.73 Å². The number of nitrogens with one attached hydrogen (secondary N) is 1. The van der Waals surface area contributed by atoms with Crippen molar-refractivity contribution in [2.24, 2.45) is 0 Å². The molecule has 0 unspecified atom stereocenters. The Morgan fingerprint density at radius 3 is 2.67 bits per heavy atom. The molecule has 0 atom stereocenters. The molecule has 0 aromatic carbocycles. The molecular formula is C6H6NOS. The average molecular weight is 140 g/mol. The van der Waals surface area contributed by atoms with Crippen LogP contribution in [0.4, 0.5) is 0 Å². The van der Waals surface area contributed by atoms with Crippen LogP contribution in [0.3, 0.4) is 0 Å². The summed E-state index contributed by atoms with van der Waals surface area (Å²) in [6.07, 6.45) is 0. The van der Waals surface area contributed by atoms with Crippen LogP contribution in [0.1, 0.15) is 15.2 Å². The zero-order valence-corrected chi connectivity index (χ0v) is 5.79. The maximum Gasteiger partial charge on any atom is 0.280 e. The molecule has 1 aromatic heterocycles. The van der Waals surface area contributed by atoms with Crippen LogP contribution in [0, 0.1) is 6.92 Å². The van der Waals surface area contributed by atoms with E-state index in [-0.39, 0.29) is 0 Å². The summed E-state index contributed by atoms with van der Waals surface area (Å²) in [4.78, 5) is 11.0. The Hall–Kier alpha value is -0.830. The fourth-order valence-electron chi connectivity index (χ4n) is 0.605. The van der Waals surface area contributed by atoms with Crippen molar-refractivity contribution in [2.75, 3.05) is 0 Å². The highest BCUT2D eigenvalue weighted by atomic mass is 32.1. The minimum atomic E-state index is -0.581. The zero-order chi connectivity index (χ0) is 6.85. The van der Waals surface area contributed by atoms with Gasteiger partial charge in [-0.2, -0.15) is 0 Å². The van der Waals surface area contributed by atoms with Gasteiger partial charge in [-0.05, 0) is 23.9 Å². The Morgan fingerprint density at radius 1 is 1.78 bits per heavy atom. The molecule has 1 heterocycles. The molecule has 0 saturated heterocycles. The molecule has 0 saturated carbocycles. The van der Waals surface area contributed by atoms with Crippen LogP contribution in [-0.4, -0.2) is 5.91 Å². The summed E-state index contributed by atoms with van der Waals surface area (Å²) in [5.41, 5.74) is 7.65. The van der Waals surface area contributed by atoms with Gasteiger partial charge in [-0.25, -0.2) is 0 Å². The van der Waals surface area contributed by atoms with Gasteiger partial charge in [0.15, 0.2) is 0 Å². The highest BCUT2D eigenvalue weighted by Gasteiger charge is 2.04. The number of thiophene rings is 1. The predicted molar refractivity (Wildman–Crippen MR) is 36.5 cm³/mol. The maximum atomic E-state index is 10.4. The molecule has 1 N–H and O–H groups in total. The van der Waals surface area contributed by atoms with Gasteiger partial charge in [0, 0.05) is 0 Å². The summed E-state index contributed by atoms with van der Waals surface area (Å²) in [6.45, 7) is 1.83. The number of hydrogen-bond donors (Lipinski definition) is 0. The Labute approximate surface area is 57.3 Å². The quantitative estimate of drug-likeness (QED) is 0.582. The van der Waals surface area contributed by atoms with E-state index in [2.05, 4.69) is 0 Å². The maximum absolute atomic E-state index is 10.4. The summed E-state index contributed by atoms with van der Waals surface area (Å²) in [5.74, 6) is -0.581. The summed E-state index contributed by atoms with van der Waals surface area (Å²) < 4.78 is 0. The zero-order valence-electron chi connectivity index (χ0n) is 4.97. The first-order valence-corrected chi connectivity index (χ1v) is 3.40. The van der Waals surface area contributed by atoms with Crippen molar-refractivity contribution in [2.45, 2.75) is 6.92 Å². The lowest BCUT2D eigenvalue weighted by Gasteiger charge is -1.86. The van der Waals surface area contributed by atoms with E-state index in [1.165, 1.54) is 11.3 Å². The molecule has 9 heavy (non-hydrogen) atoms. The second kappa shape index (κ2) is 2.19. The first-order valence-electron chi connectivity index (χ1n) is 2.52. The van der Waals surface area contributed by atoms with E-state index in [1.54, 1.807) is 0 Å². The van der Waals surface area contributed by atoms with Gasteiger partial charge in [-0.15, -0.1) is 11.3 Å². The van der Waals surface area contributed by atoms with Crippen LogP contribution >= 0.6 is 11.3 Å². The van der Waals surface area contributed by atoms with E-state index < -0.39 is 5.91 Å². The van der Waals surface area contributed by atoms with Gasteiger partial charge in [0.1, 0.15) is 0 Å². The molecular weight excluding hydrogens is 134 g/mol. The molecule has 0 spiro atoms. The van der Waals surface area contributed by atoms with Crippen LogP contribution in [-0.2, 0) is 0 Å². The lowest BCUT2D eigenvalue weighted by molar-refractivity contribution is 0.0995. The highest BCUT2D eigenvalue weighted by molar-refractivity contribution is 7.12. The van der Waals surface area contributed by atoms with Crippen LogP contribution in [0.5, 0.6) is 0 Å². The lowest BCUT2D eigenvalue weighted by atomic mass is 10.3. The molecule has 0 bridgehead atoms. The molecule has 0 aliphatic carbocycles. The number of aryl methyl sites for hydroxylation is 1. The number of hydrogen-bond acceptors (Lipinski definition) is 2. The fraction of sp³-hybridized carbons (Fsp3) is 0.167. The summed E-state index contributed by atoms with van der Waals surface area (Å²) in [7, 11) is 0. The smallest absolute Gasteiger partial charge is 0.266 e. The lowest BCUT2D eigenvalue weighted by Crippen LogP contribution is -1.96. The molecule has 2 nitrogen and oxygen atoms in total. The molecule has 0 aliphatic rings. The van der Waals surface area contributed by atoms with Gasteiger partial charge in [-0.3, -0.25) is 10.5 Å². The van der Waals surface area contributed by atoms with E-state index in [0.717, 1.165) is 5.56 Å². The number of carbonyl (C=O) groups is 1. The topological polar surface area (TPSA) is 40.9 Å². The van der Waals surface area contributed by atoms with Gasteiger partial charge >= 0.3 is 0 Å². The van der Waals surface area contributed by atoms with Gasteiger partial charge in [0.25, 0.3) is 5.91 Å². The molecule has 0 aliphatic heterocycles. The van der Waals surface area contributed by atoms with Gasteiger partial charge in [-0.1, -0.05) is 0 Å². The second-order valence-electron chi connectivity index (χ2n) is 1.76. The van der Waals surface area contributed by atoms with Crippen molar-refractivity contribution in [3.05, 3.63) is 21.9 Å². The van der Waals surface area contributed by atoms with Gasteiger partial charge in [0.05, 0.1) is 4.88 Å². The SMILES string of the molecule is Cc1ccsc1C([NH])=O. The third-order valence-electron chi connectivity index (χ3n) is 1.07. The summed E-state index contributed by atoms with van der Waals surface area (Å²) >= 11 is 1.32.